The zero-order valence-electron chi connectivity index (χ0n) is 13.4. The van der Waals surface area contributed by atoms with Gasteiger partial charge in [0.05, 0.1) is 6.54 Å². The molecule has 0 aliphatic carbocycles. The van der Waals surface area contributed by atoms with Crippen LogP contribution in [0.5, 0.6) is 0 Å². The molecule has 7 nitrogen and oxygen atoms in total. The molecule has 2 heterocycles. The van der Waals surface area contributed by atoms with Crippen LogP contribution >= 0.6 is 12.6 Å². The molecule has 1 fully saturated rings. The van der Waals surface area contributed by atoms with Gasteiger partial charge in [-0.3, -0.25) is 9.59 Å². The Morgan fingerprint density at radius 2 is 2.00 bits per heavy atom. The average Bonchev–Trinajstić information content (AvgIpc) is 2.79. The van der Waals surface area contributed by atoms with Crippen LogP contribution in [-0.2, 0) is 20.7 Å². The first-order valence-corrected chi connectivity index (χ1v) is 8.49. The third kappa shape index (κ3) is 2.97. The molecule has 0 saturated carbocycles. The van der Waals surface area contributed by atoms with Crippen LogP contribution in [0.1, 0.15) is 12.0 Å². The van der Waals surface area contributed by atoms with Crippen LogP contribution in [0.15, 0.2) is 42.5 Å². The van der Waals surface area contributed by atoms with Crippen LogP contribution in [0.4, 0.5) is 4.79 Å². The number of benzene rings is 1. The summed E-state index contributed by atoms with van der Waals surface area (Å²) in [6, 6.07) is 9.27. The summed E-state index contributed by atoms with van der Waals surface area (Å²) >= 11 is 4.23. The molecule has 1 N–H and O–H groups in total. The molecule has 2 unspecified atom stereocenters. The number of hydrogen-bond acceptors (Lipinski definition) is 5. The van der Waals surface area contributed by atoms with Gasteiger partial charge in [0.2, 0.25) is 6.23 Å². The van der Waals surface area contributed by atoms with E-state index in [4.69, 9.17) is 9.84 Å². The first-order valence-electron chi connectivity index (χ1n) is 7.86. The Balaban J connectivity index is 1.98. The van der Waals surface area contributed by atoms with Crippen molar-refractivity contribution in [3.8, 4) is 0 Å². The largest absolute Gasteiger partial charge is 0.508 e. The van der Waals surface area contributed by atoms with Crippen molar-refractivity contribution in [3.05, 3.63) is 48.0 Å². The van der Waals surface area contributed by atoms with Gasteiger partial charge in [-0.15, -0.1) is 0 Å². The minimum absolute atomic E-state index is 0.202. The monoisotopic (exact) mass is 362 g/mol. The summed E-state index contributed by atoms with van der Waals surface area (Å²) in [5, 5.41) is 11.3. The highest BCUT2D eigenvalue weighted by Gasteiger charge is 2.60. The van der Waals surface area contributed by atoms with Crippen LogP contribution in [0.25, 0.3) is 0 Å². The van der Waals surface area contributed by atoms with E-state index in [9.17, 15) is 14.4 Å². The zero-order valence-corrected chi connectivity index (χ0v) is 14.3. The van der Waals surface area contributed by atoms with Gasteiger partial charge < -0.3 is 9.84 Å². The van der Waals surface area contributed by atoms with Crippen molar-refractivity contribution in [2.24, 2.45) is 5.41 Å². The Labute approximate surface area is 150 Å². The van der Waals surface area contributed by atoms with Crippen LogP contribution in [-0.4, -0.2) is 51.6 Å². The summed E-state index contributed by atoms with van der Waals surface area (Å²) < 4.78 is 4.77. The maximum atomic E-state index is 13.2. The van der Waals surface area contributed by atoms with Crippen molar-refractivity contribution in [2.75, 3.05) is 12.3 Å². The SMILES string of the molecule is O=C(O)OC1C=CCN2C(=O)C(CCS)(Cc3ccccc3)C(=O)N12. The molecule has 25 heavy (non-hydrogen) atoms. The maximum absolute atomic E-state index is 13.2. The van der Waals surface area contributed by atoms with Crippen molar-refractivity contribution in [1.29, 1.82) is 0 Å². The molecule has 1 aromatic rings. The Hall–Kier alpha value is -2.48. The molecule has 0 aromatic heterocycles. The van der Waals surface area contributed by atoms with E-state index in [0.717, 1.165) is 10.6 Å². The first-order chi connectivity index (χ1) is 12.0. The molecule has 2 aliphatic heterocycles. The molecule has 2 amide bonds. The number of amides is 2. The summed E-state index contributed by atoms with van der Waals surface area (Å²) in [5.41, 5.74) is -0.439. The summed E-state index contributed by atoms with van der Waals surface area (Å²) in [7, 11) is 0. The number of rotatable bonds is 5. The van der Waals surface area contributed by atoms with E-state index < -0.39 is 23.7 Å². The Morgan fingerprint density at radius 3 is 2.64 bits per heavy atom. The smallest absolute Gasteiger partial charge is 0.450 e. The number of nitrogens with zero attached hydrogens (tertiary/aromatic N) is 2. The number of thiol groups is 1. The number of fused-ring (bicyclic) bond motifs is 1. The van der Waals surface area contributed by atoms with E-state index >= 15 is 0 Å². The summed E-state index contributed by atoms with van der Waals surface area (Å²) in [5.74, 6) is -0.450. The number of ether oxygens (including phenoxy) is 1. The predicted octanol–water partition coefficient (Wildman–Crippen LogP) is 1.71. The molecule has 2 atom stereocenters. The lowest BCUT2D eigenvalue weighted by Crippen LogP contribution is -2.50. The number of hydrogen-bond donors (Lipinski definition) is 2. The van der Waals surface area contributed by atoms with E-state index in [1.807, 2.05) is 30.3 Å². The summed E-state index contributed by atoms with van der Waals surface area (Å²) in [6.07, 6.45) is 0.935. The third-order valence-corrected chi connectivity index (χ3v) is 4.67. The van der Waals surface area contributed by atoms with Gasteiger partial charge in [0, 0.05) is 0 Å². The molecule has 8 heteroatoms. The van der Waals surface area contributed by atoms with Crippen LogP contribution in [0.3, 0.4) is 0 Å². The molecule has 0 bridgehead atoms. The minimum atomic E-state index is -1.51. The standard InChI is InChI=1S/C17H18N2O5S/c20-14-17(8-10-25,11-12-5-2-1-3-6-12)15(21)19-13(24-16(22)23)7-4-9-18(14)19/h1-7,13,25H,8-11H2,(H,22,23). The second-order valence-electron chi connectivity index (χ2n) is 5.96. The molecule has 0 radical (unpaired) electrons. The highest BCUT2D eigenvalue weighted by atomic mass is 32.1. The van der Waals surface area contributed by atoms with Crippen LogP contribution < -0.4 is 0 Å². The first kappa shape index (κ1) is 17.3. The van der Waals surface area contributed by atoms with Crippen molar-refractivity contribution >= 4 is 30.6 Å². The molecule has 1 aromatic carbocycles. The molecule has 132 valence electrons. The number of carbonyl (C=O) groups is 3. The fourth-order valence-corrected chi connectivity index (χ4v) is 3.71. The third-order valence-electron chi connectivity index (χ3n) is 4.45. The lowest BCUT2D eigenvalue weighted by molar-refractivity contribution is -0.165. The quantitative estimate of drug-likeness (QED) is 0.360. The van der Waals surface area contributed by atoms with Gasteiger partial charge in [0.1, 0.15) is 5.41 Å². The van der Waals surface area contributed by atoms with E-state index in [-0.39, 0.29) is 25.3 Å². The predicted molar refractivity (Wildman–Crippen MR) is 91.6 cm³/mol. The zero-order chi connectivity index (χ0) is 18.0. The molecular weight excluding hydrogens is 344 g/mol. The van der Waals surface area contributed by atoms with Crippen molar-refractivity contribution in [2.45, 2.75) is 19.1 Å². The Kier molecular flexibility index (Phi) is 4.71. The van der Waals surface area contributed by atoms with Gasteiger partial charge in [0.15, 0.2) is 0 Å². The number of carbonyl (C=O) groups excluding carboxylic acids is 2. The van der Waals surface area contributed by atoms with Gasteiger partial charge in [-0.2, -0.15) is 12.6 Å². The average molecular weight is 362 g/mol. The van der Waals surface area contributed by atoms with Gasteiger partial charge in [-0.05, 0) is 30.2 Å². The van der Waals surface area contributed by atoms with Gasteiger partial charge >= 0.3 is 6.16 Å². The second kappa shape index (κ2) is 6.79. The Bertz CT molecular complexity index is 723. The van der Waals surface area contributed by atoms with Crippen LogP contribution in [0.2, 0.25) is 0 Å². The highest BCUT2D eigenvalue weighted by molar-refractivity contribution is 7.80. The summed E-state index contributed by atoms with van der Waals surface area (Å²) in [6.45, 7) is 0.202. The lowest BCUT2D eigenvalue weighted by Gasteiger charge is -2.34. The second-order valence-corrected chi connectivity index (χ2v) is 6.40. The summed E-state index contributed by atoms with van der Waals surface area (Å²) in [4.78, 5) is 37.2. The van der Waals surface area contributed by atoms with Crippen molar-refractivity contribution in [3.63, 3.8) is 0 Å². The van der Waals surface area contributed by atoms with Gasteiger partial charge in [-0.1, -0.05) is 36.4 Å². The lowest BCUT2D eigenvalue weighted by atomic mass is 9.78. The van der Waals surface area contributed by atoms with E-state index in [1.54, 1.807) is 6.08 Å². The highest BCUT2D eigenvalue weighted by Crippen LogP contribution is 2.41. The van der Waals surface area contributed by atoms with E-state index in [1.165, 1.54) is 11.1 Å². The fraction of sp³-hybridized carbons (Fsp3) is 0.353. The molecule has 3 rings (SSSR count). The van der Waals surface area contributed by atoms with E-state index in [2.05, 4.69) is 12.6 Å². The Morgan fingerprint density at radius 1 is 1.28 bits per heavy atom. The van der Waals surface area contributed by atoms with Gasteiger partial charge in [0.25, 0.3) is 11.8 Å². The minimum Gasteiger partial charge on any atom is -0.450 e. The molecule has 2 aliphatic rings. The van der Waals surface area contributed by atoms with E-state index in [0.29, 0.717) is 5.75 Å². The normalized spacial score (nSPS) is 25.2. The van der Waals surface area contributed by atoms with Crippen molar-refractivity contribution in [1.82, 2.24) is 10.0 Å². The number of hydrazine groups is 1. The fourth-order valence-electron chi connectivity index (χ4n) is 3.33. The van der Waals surface area contributed by atoms with Crippen LogP contribution in [0, 0.1) is 5.41 Å². The molecule has 0 spiro atoms. The van der Waals surface area contributed by atoms with Crippen molar-refractivity contribution < 1.29 is 24.2 Å². The maximum Gasteiger partial charge on any atom is 0.508 e. The molecule has 1 saturated heterocycles. The van der Waals surface area contributed by atoms with Gasteiger partial charge in [-0.25, -0.2) is 14.8 Å². The topological polar surface area (TPSA) is 87.1 Å². The number of carboxylic acid groups (broad SMARTS) is 1. The molecular formula is C17H18N2O5S.